The second-order valence-corrected chi connectivity index (χ2v) is 8.77. The molecule has 2 aromatic heterocycles. The molecule has 3 heterocycles. The van der Waals surface area contributed by atoms with Gasteiger partial charge in [0.05, 0.1) is 32.8 Å². The van der Waals surface area contributed by atoms with Gasteiger partial charge < -0.3 is 19.2 Å². The fourth-order valence-corrected chi connectivity index (χ4v) is 5.35. The van der Waals surface area contributed by atoms with Crippen LogP contribution in [0.15, 0.2) is 16.9 Å². The highest BCUT2D eigenvalue weighted by molar-refractivity contribution is 7.20. The van der Waals surface area contributed by atoms with E-state index < -0.39 is 5.97 Å². The molecule has 1 aromatic carbocycles. The van der Waals surface area contributed by atoms with Gasteiger partial charge in [0.15, 0.2) is 11.5 Å². The summed E-state index contributed by atoms with van der Waals surface area (Å²) in [7, 11) is 3.27. The molecule has 0 amide bonds. The zero-order chi connectivity index (χ0) is 23.0. The van der Waals surface area contributed by atoms with Gasteiger partial charge in [0, 0.05) is 12.6 Å². The first-order valence-electron chi connectivity index (χ1n) is 10.6. The fourth-order valence-electron chi connectivity index (χ4n) is 4.26. The number of fused-ring (bicyclic) bond motifs is 2. The summed E-state index contributed by atoms with van der Waals surface area (Å²) in [5, 5.41) is 0.454. The first-order valence-corrected chi connectivity index (χ1v) is 11.4. The number of carbonyl (C=O) groups excluding carboxylic acids is 1. The van der Waals surface area contributed by atoms with Gasteiger partial charge in [0.1, 0.15) is 15.5 Å². The van der Waals surface area contributed by atoms with Gasteiger partial charge in [0.2, 0.25) is 0 Å². The van der Waals surface area contributed by atoms with Crippen LogP contribution in [0.2, 0.25) is 0 Å². The number of H-pyrrole nitrogens is 1. The maximum Gasteiger partial charge on any atom is 0.348 e. The van der Waals surface area contributed by atoms with Crippen molar-refractivity contribution in [2.75, 3.05) is 27.4 Å². The van der Waals surface area contributed by atoms with E-state index in [9.17, 15) is 9.59 Å². The maximum absolute atomic E-state index is 12.8. The van der Waals surface area contributed by atoms with Crippen molar-refractivity contribution in [3.05, 3.63) is 49.9 Å². The van der Waals surface area contributed by atoms with Crippen LogP contribution >= 0.6 is 11.3 Å². The van der Waals surface area contributed by atoms with Gasteiger partial charge in [-0.3, -0.25) is 9.69 Å². The van der Waals surface area contributed by atoms with Crippen molar-refractivity contribution in [1.82, 2.24) is 14.9 Å². The van der Waals surface area contributed by atoms with Crippen molar-refractivity contribution in [2.45, 2.75) is 39.8 Å². The highest BCUT2D eigenvalue weighted by atomic mass is 32.1. The van der Waals surface area contributed by atoms with E-state index in [1.807, 2.05) is 12.1 Å². The van der Waals surface area contributed by atoms with Crippen molar-refractivity contribution >= 4 is 27.5 Å². The lowest BCUT2D eigenvalue weighted by Gasteiger charge is -2.35. The summed E-state index contributed by atoms with van der Waals surface area (Å²) in [4.78, 5) is 35.9. The first-order chi connectivity index (χ1) is 15.4. The highest BCUT2D eigenvalue weighted by Gasteiger charge is 2.27. The van der Waals surface area contributed by atoms with Gasteiger partial charge in [0.25, 0.3) is 5.56 Å². The van der Waals surface area contributed by atoms with Crippen LogP contribution in [0, 0.1) is 6.92 Å². The minimum atomic E-state index is -0.417. The Labute approximate surface area is 190 Å². The molecule has 1 aliphatic heterocycles. The van der Waals surface area contributed by atoms with Crippen molar-refractivity contribution in [3.8, 4) is 11.5 Å². The van der Waals surface area contributed by atoms with Crippen LogP contribution in [0.4, 0.5) is 0 Å². The molecule has 0 fully saturated rings. The van der Waals surface area contributed by atoms with Crippen LogP contribution in [0.3, 0.4) is 0 Å². The molecule has 170 valence electrons. The van der Waals surface area contributed by atoms with Crippen LogP contribution in [-0.4, -0.2) is 48.2 Å². The number of thiophene rings is 1. The summed E-state index contributed by atoms with van der Waals surface area (Å²) >= 11 is 1.21. The second kappa shape index (κ2) is 8.91. The van der Waals surface area contributed by atoms with Gasteiger partial charge in [-0.05, 0) is 56.0 Å². The molecule has 0 unspecified atom stereocenters. The van der Waals surface area contributed by atoms with Crippen LogP contribution in [0.1, 0.15) is 52.1 Å². The number of rotatable bonds is 6. The Bertz CT molecular complexity index is 1230. The zero-order valence-electron chi connectivity index (χ0n) is 18.9. The molecule has 4 rings (SSSR count). The van der Waals surface area contributed by atoms with Gasteiger partial charge in [-0.15, -0.1) is 11.3 Å². The van der Waals surface area contributed by atoms with Gasteiger partial charge >= 0.3 is 5.97 Å². The third kappa shape index (κ3) is 3.86. The lowest BCUT2D eigenvalue weighted by molar-refractivity contribution is 0.0531. The lowest BCUT2D eigenvalue weighted by atomic mass is 9.93. The van der Waals surface area contributed by atoms with Crippen LogP contribution in [-0.2, 0) is 17.7 Å². The minimum Gasteiger partial charge on any atom is -0.493 e. The van der Waals surface area contributed by atoms with Crippen molar-refractivity contribution in [3.63, 3.8) is 0 Å². The van der Waals surface area contributed by atoms with Crippen LogP contribution in [0.25, 0.3) is 10.2 Å². The minimum absolute atomic E-state index is 0.111. The average molecular weight is 458 g/mol. The number of carbonyl (C=O) groups is 1. The molecule has 0 spiro atoms. The van der Waals surface area contributed by atoms with E-state index in [1.165, 1.54) is 22.5 Å². The Morgan fingerprint density at radius 3 is 2.69 bits per heavy atom. The number of methoxy groups -OCH3 is 2. The van der Waals surface area contributed by atoms with Crippen LogP contribution in [0.5, 0.6) is 11.5 Å². The third-order valence-corrected chi connectivity index (χ3v) is 7.14. The number of ether oxygens (including phenoxy) is 3. The lowest BCUT2D eigenvalue weighted by Crippen LogP contribution is -2.34. The number of nitrogens with zero attached hydrogens (tertiary/aromatic N) is 2. The number of nitrogens with one attached hydrogen (secondary N) is 1. The number of aryl methyl sites for hydroxylation is 1. The second-order valence-electron chi connectivity index (χ2n) is 7.77. The number of esters is 1. The summed E-state index contributed by atoms with van der Waals surface area (Å²) in [6.45, 7) is 7.25. The molecule has 8 nitrogen and oxygen atoms in total. The molecule has 0 bridgehead atoms. The van der Waals surface area contributed by atoms with E-state index in [4.69, 9.17) is 14.2 Å². The molecule has 0 radical (unpaired) electrons. The molecular formula is C23H27N3O5S. The van der Waals surface area contributed by atoms with E-state index in [0.29, 0.717) is 38.8 Å². The van der Waals surface area contributed by atoms with E-state index in [-0.39, 0.29) is 18.2 Å². The quantitative estimate of drug-likeness (QED) is 0.565. The number of aromatic nitrogens is 2. The average Bonchev–Trinajstić information content (AvgIpc) is 3.12. The van der Waals surface area contributed by atoms with Crippen molar-refractivity contribution in [1.29, 1.82) is 0 Å². The summed E-state index contributed by atoms with van der Waals surface area (Å²) < 4.78 is 16.0. The number of hydrogen-bond acceptors (Lipinski definition) is 8. The molecule has 3 aromatic rings. The molecule has 32 heavy (non-hydrogen) atoms. The molecule has 1 aliphatic rings. The molecule has 1 N–H and O–H groups in total. The number of benzene rings is 1. The van der Waals surface area contributed by atoms with Crippen molar-refractivity contribution in [2.24, 2.45) is 0 Å². The Hall–Kier alpha value is -2.91. The van der Waals surface area contributed by atoms with E-state index in [2.05, 4.69) is 21.8 Å². The largest absolute Gasteiger partial charge is 0.493 e. The first kappa shape index (κ1) is 22.3. The maximum atomic E-state index is 12.8. The van der Waals surface area contributed by atoms with E-state index in [1.54, 1.807) is 28.1 Å². The monoisotopic (exact) mass is 457 g/mol. The predicted octanol–water partition coefficient (Wildman–Crippen LogP) is 3.61. The van der Waals surface area contributed by atoms with Crippen molar-refractivity contribution < 1.29 is 19.0 Å². The summed E-state index contributed by atoms with van der Waals surface area (Å²) in [6.07, 6.45) is 0.859. The van der Waals surface area contributed by atoms with Crippen LogP contribution < -0.4 is 15.0 Å². The Morgan fingerprint density at radius 2 is 2.00 bits per heavy atom. The molecule has 0 saturated heterocycles. The normalized spacial score (nSPS) is 16.1. The van der Waals surface area contributed by atoms with Gasteiger partial charge in [-0.25, -0.2) is 9.78 Å². The SMILES string of the molecule is CCOC(=O)c1sc2nc(CN3CCc4cc(OC)c(OC)cc4[C@@H]3C)[nH]c(=O)c2c1C. The standard InChI is InChI=1S/C23H27N3O5S/c1-6-31-23(28)20-12(2)19-21(27)24-18(25-22(19)32-20)11-26-8-7-14-9-16(29-4)17(30-5)10-15(14)13(26)3/h9-10,13H,6-8,11H2,1-5H3,(H,24,25,27)/t13-/m0/s1. The third-order valence-electron chi connectivity index (χ3n) is 5.97. The molecule has 0 saturated carbocycles. The van der Waals surface area contributed by atoms with Gasteiger partial charge in [-0.1, -0.05) is 0 Å². The number of hydrogen-bond donors (Lipinski definition) is 1. The topological polar surface area (TPSA) is 93.8 Å². The highest BCUT2D eigenvalue weighted by Crippen LogP contribution is 2.38. The summed E-state index contributed by atoms with van der Waals surface area (Å²) in [6, 6.07) is 4.18. The van der Waals surface area contributed by atoms with E-state index in [0.717, 1.165) is 18.7 Å². The number of aromatic amines is 1. The Morgan fingerprint density at radius 1 is 1.28 bits per heavy atom. The summed E-state index contributed by atoms with van der Waals surface area (Å²) in [5.74, 6) is 1.59. The molecule has 1 atom stereocenters. The molecular weight excluding hydrogens is 430 g/mol. The molecule has 0 aliphatic carbocycles. The predicted molar refractivity (Wildman–Crippen MR) is 123 cm³/mol. The zero-order valence-corrected chi connectivity index (χ0v) is 19.7. The van der Waals surface area contributed by atoms with Gasteiger partial charge in [-0.2, -0.15) is 0 Å². The Kier molecular flexibility index (Phi) is 6.21. The smallest absolute Gasteiger partial charge is 0.348 e. The molecule has 9 heteroatoms. The fraction of sp³-hybridized carbons (Fsp3) is 0.435. The van der Waals surface area contributed by atoms with E-state index >= 15 is 0 Å². The summed E-state index contributed by atoms with van der Waals surface area (Å²) in [5.41, 5.74) is 2.79. The Balaban J connectivity index is 1.64.